The second kappa shape index (κ2) is 21.9. The van der Waals surface area contributed by atoms with Gasteiger partial charge in [-0.1, -0.05) is 0 Å². The number of aliphatic hydroxyl groups is 1. The van der Waals surface area contributed by atoms with Crippen LogP contribution in [-0.2, 0) is 28.7 Å². The average Bonchev–Trinajstić information content (AvgIpc) is 2.74. The normalized spacial score (nSPS) is 12.6. The maximum absolute atomic E-state index is 11.4. The van der Waals surface area contributed by atoms with Crippen LogP contribution in [0.15, 0.2) is 0 Å². The number of carboxylic acid groups (broad SMARTS) is 3. The van der Waals surface area contributed by atoms with E-state index in [4.69, 9.17) is 43.4 Å². The summed E-state index contributed by atoms with van der Waals surface area (Å²) in [6, 6.07) is -2.71. The molecule has 0 radical (unpaired) electrons. The first-order chi connectivity index (χ1) is 14.8. The van der Waals surface area contributed by atoms with E-state index in [0.29, 0.717) is 25.8 Å². The predicted molar refractivity (Wildman–Crippen MR) is 116 cm³/mol. The fourth-order valence-electron chi connectivity index (χ4n) is 1.36. The van der Waals surface area contributed by atoms with Gasteiger partial charge in [-0.05, 0) is 37.8 Å². The van der Waals surface area contributed by atoms with Crippen molar-refractivity contribution in [3.05, 3.63) is 0 Å². The smallest absolute Gasteiger partial charge is 0.330 e. The van der Waals surface area contributed by atoms with Crippen LogP contribution in [0.4, 0.5) is 0 Å². The molecule has 0 bridgehead atoms. The zero-order chi connectivity index (χ0) is 25.7. The fraction of sp³-hybridized carbons (Fsp3) is 0.706. The molecule has 0 aliphatic carbocycles. The van der Waals surface area contributed by atoms with Gasteiger partial charge in [-0.25, -0.2) is 9.59 Å². The Morgan fingerprint density at radius 3 is 1.56 bits per heavy atom. The number of esters is 2. The topological polar surface area (TPSA) is 280 Å². The van der Waals surface area contributed by atoms with E-state index in [9.17, 15) is 24.0 Å². The van der Waals surface area contributed by atoms with Crippen LogP contribution in [0.25, 0.3) is 0 Å². The third kappa shape index (κ3) is 24.0. The highest BCUT2D eigenvalue weighted by Gasteiger charge is 2.22. The van der Waals surface area contributed by atoms with Gasteiger partial charge >= 0.3 is 29.8 Å². The molecule has 0 spiro atoms. The van der Waals surface area contributed by atoms with Gasteiger partial charge in [0, 0.05) is 0 Å². The van der Waals surface area contributed by atoms with Gasteiger partial charge in [0.15, 0.2) is 0 Å². The van der Waals surface area contributed by atoms with Gasteiger partial charge in [0.05, 0.1) is 19.4 Å². The molecule has 0 heterocycles. The molecule has 3 atom stereocenters. The Hall–Kier alpha value is -2.30. The summed E-state index contributed by atoms with van der Waals surface area (Å²) in [5.74, 6) is -4.04. The minimum absolute atomic E-state index is 0.296. The molecule has 0 saturated heterocycles. The Kier molecular flexibility index (Phi) is 23.5. The molecule has 0 aliphatic heterocycles. The molecule has 15 heteroatoms. The van der Waals surface area contributed by atoms with Crippen LogP contribution in [0, 0.1) is 0 Å². The summed E-state index contributed by atoms with van der Waals surface area (Å²) >= 11 is 1.57. The first-order valence-electron chi connectivity index (χ1n) is 9.32. The third-order valence-corrected chi connectivity index (χ3v) is 3.87. The number of aliphatic carboxylic acids is 3. The van der Waals surface area contributed by atoms with Crippen molar-refractivity contribution in [2.24, 2.45) is 22.9 Å². The number of rotatable bonds is 13. The van der Waals surface area contributed by atoms with Crippen molar-refractivity contribution in [2.45, 2.75) is 50.2 Å². The number of aliphatic hydroxyl groups excluding tert-OH is 1. The summed E-state index contributed by atoms with van der Waals surface area (Å²) in [6.45, 7) is -0.0580. The molecule has 0 unspecified atom stereocenters. The molecule has 0 saturated carbocycles. The molecule has 188 valence electrons. The van der Waals surface area contributed by atoms with Gasteiger partial charge in [-0.3, -0.25) is 14.4 Å². The van der Waals surface area contributed by atoms with Gasteiger partial charge in [0.1, 0.15) is 18.1 Å². The molecule has 32 heavy (non-hydrogen) atoms. The van der Waals surface area contributed by atoms with Gasteiger partial charge < -0.3 is 48.1 Å². The number of carboxylic acids is 3. The van der Waals surface area contributed by atoms with E-state index < -0.39 is 54.6 Å². The standard InChI is InChI=1S/C10H21N3O3S.C4H6O4.C3H7NO3/c1-17-6-4-8(13)10(15)16-9(14)7(12)3-2-5-11;5-3(6)1-2-4(7)8;4-2(1-5)3(6)7/h7-8H,2-6,11-13H2,1H3;1-2H2,(H,5,6)(H,7,8);2,5H,1,4H2,(H,6,7)/t7-,8-;;2-/m0.0/s1. The van der Waals surface area contributed by atoms with Crippen LogP contribution in [-0.4, -0.2) is 93.6 Å². The molecule has 14 nitrogen and oxygen atoms in total. The highest BCUT2D eigenvalue weighted by atomic mass is 32.2. The van der Waals surface area contributed by atoms with Gasteiger partial charge in [0.2, 0.25) is 0 Å². The fourth-order valence-corrected chi connectivity index (χ4v) is 1.85. The molecule has 12 N–H and O–H groups in total. The molecule has 0 fully saturated rings. The zero-order valence-electron chi connectivity index (χ0n) is 17.8. The molecular formula is C17H34N4O10S. The Morgan fingerprint density at radius 2 is 1.28 bits per heavy atom. The quantitative estimate of drug-likeness (QED) is 0.0988. The largest absolute Gasteiger partial charge is 0.481 e. The number of hydrogen-bond donors (Lipinski definition) is 8. The van der Waals surface area contributed by atoms with Crippen molar-refractivity contribution in [3.63, 3.8) is 0 Å². The number of hydrogen-bond acceptors (Lipinski definition) is 12. The molecule has 0 aliphatic rings. The van der Waals surface area contributed by atoms with Gasteiger partial charge in [0.25, 0.3) is 0 Å². The number of thioether (sulfide) groups is 1. The van der Waals surface area contributed by atoms with Crippen LogP contribution < -0.4 is 22.9 Å². The summed E-state index contributed by atoms with van der Waals surface area (Å²) in [6.07, 6.45) is 2.81. The van der Waals surface area contributed by atoms with Crippen molar-refractivity contribution >= 4 is 41.6 Å². The van der Waals surface area contributed by atoms with Crippen LogP contribution >= 0.6 is 11.8 Å². The highest BCUT2D eigenvalue weighted by Crippen LogP contribution is 2.02. The van der Waals surface area contributed by atoms with E-state index in [2.05, 4.69) is 4.74 Å². The Bertz CT molecular complexity index is 542. The maximum Gasteiger partial charge on any atom is 0.330 e. The molecule has 0 aromatic carbocycles. The van der Waals surface area contributed by atoms with E-state index in [1.54, 1.807) is 11.8 Å². The number of ether oxygens (including phenoxy) is 1. The Balaban J connectivity index is -0.000000464. The number of carbonyl (C=O) groups excluding carboxylic acids is 2. The van der Waals surface area contributed by atoms with Crippen LogP contribution in [0.3, 0.4) is 0 Å². The first-order valence-corrected chi connectivity index (χ1v) is 10.7. The summed E-state index contributed by atoms with van der Waals surface area (Å²) in [7, 11) is 0. The van der Waals surface area contributed by atoms with Gasteiger partial charge in [-0.15, -0.1) is 0 Å². The van der Waals surface area contributed by atoms with Crippen LogP contribution in [0.1, 0.15) is 32.1 Å². The van der Waals surface area contributed by atoms with E-state index in [1.807, 2.05) is 6.26 Å². The molecule has 0 rings (SSSR count). The van der Waals surface area contributed by atoms with Crippen LogP contribution in [0.2, 0.25) is 0 Å². The predicted octanol–water partition coefficient (Wildman–Crippen LogP) is -2.47. The minimum Gasteiger partial charge on any atom is -0.481 e. The lowest BCUT2D eigenvalue weighted by atomic mass is 10.2. The Labute approximate surface area is 189 Å². The van der Waals surface area contributed by atoms with E-state index in [-0.39, 0.29) is 12.8 Å². The van der Waals surface area contributed by atoms with Gasteiger partial charge in [-0.2, -0.15) is 11.8 Å². The molecule has 0 aromatic rings. The van der Waals surface area contributed by atoms with E-state index in [0.717, 1.165) is 5.75 Å². The maximum atomic E-state index is 11.4. The zero-order valence-corrected chi connectivity index (χ0v) is 18.7. The van der Waals surface area contributed by atoms with Crippen molar-refractivity contribution in [3.8, 4) is 0 Å². The summed E-state index contributed by atoms with van der Waals surface area (Å²) < 4.78 is 4.59. The summed E-state index contributed by atoms with van der Waals surface area (Å²) in [5, 5.41) is 31.7. The Morgan fingerprint density at radius 1 is 0.844 bits per heavy atom. The highest BCUT2D eigenvalue weighted by molar-refractivity contribution is 7.98. The number of nitrogens with two attached hydrogens (primary N) is 4. The van der Waals surface area contributed by atoms with E-state index in [1.165, 1.54) is 0 Å². The average molecular weight is 487 g/mol. The lowest BCUT2D eigenvalue weighted by molar-refractivity contribution is -0.161. The van der Waals surface area contributed by atoms with E-state index >= 15 is 0 Å². The lowest BCUT2D eigenvalue weighted by Gasteiger charge is -2.12. The lowest BCUT2D eigenvalue weighted by Crippen LogP contribution is -2.40. The SMILES string of the molecule is CSCC[C@H](N)C(=O)OC(=O)[C@@H](N)CCCN.N[C@@H](CO)C(=O)O.O=C(O)CCC(=O)O. The second-order valence-corrected chi connectivity index (χ2v) is 7.07. The third-order valence-electron chi connectivity index (χ3n) is 3.23. The summed E-state index contributed by atoms with van der Waals surface area (Å²) in [5.41, 5.74) is 21.1. The minimum atomic E-state index is -1.18. The van der Waals surface area contributed by atoms with Crippen molar-refractivity contribution in [1.82, 2.24) is 0 Å². The van der Waals surface area contributed by atoms with Crippen LogP contribution in [0.5, 0.6) is 0 Å². The monoisotopic (exact) mass is 486 g/mol. The molecule has 0 aromatic heterocycles. The van der Waals surface area contributed by atoms with Crippen molar-refractivity contribution in [2.75, 3.05) is 25.2 Å². The van der Waals surface area contributed by atoms with Crippen molar-refractivity contribution < 1.29 is 49.1 Å². The summed E-state index contributed by atoms with van der Waals surface area (Å²) in [4.78, 5) is 51.7. The molecule has 0 amide bonds. The van der Waals surface area contributed by atoms with Crippen molar-refractivity contribution in [1.29, 1.82) is 0 Å². The first kappa shape index (κ1) is 34.3. The molecular weight excluding hydrogens is 452 g/mol. The number of carbonyl (C=O) groups is 5. The second-order valence-electron chi connectivity index (χ2n) is 6.08.